The number of ether oxygens (including phenoxy) is 1. The number of anilines is 1. The van der Waals surface area contributed by atoms with Gasteiger partial charge in [-0.05, 0) is 35.5 Å². The Kier molecular flexibility index (Phi) is 5.22. The average molecular weight is 433 g/mol. The van der Waals surface area contributed by atoms with Gasteiger partial charge in [0.25, 0.3) is 0 Å². The summed E-state index contributed by atoms with van der Waals surface area (Å²) in [6.45, 7) is 6.96. The highest BCUT2D eigenvalue weighted by molar-refractivity contribution is 9.10. The van der Waals surface area contributed by atoms with E-state index in [1.54, 1.807) is 0 Å². The molecule has 0 fully saturated rings. The number of benzene rings is 1. The number of hydrogen-bond acceptors (Lipinski definition) is 5. The normalized spacial score (nSPS) is 16.9. The molecule has 1 aromatic carbocycles. The lowest BCUT2D eigenvalue weighted by Gasteiger charge is -2.28. The minimum Gasteiger partial charge on any atom is -0.489 e. The number of hydrogen-bond donors (Lipinski definition) is 0. The molecule has 0 aliphatic carbocycles. The van der Waals surface area contributed by atoms with Gasteiger partial charge in [-0.1, -0.05) is 29.4 Å². The average Bonchev–Trinajstić information content (AvgIpc) is 2.72. The van der Waals surface area contributed by atoms with Crippen LogP contribution in [0.2, 0.25) is 5.02 Å². The Morgan fingerprint density at radius 1 is 1.54 bits per heavy atom. The molecule has 2 aromatic rings. The highest BCUT2D eigenvalue weighted by atomic mass is 79.9. The van der Waals surface area contributed by atoms with E-state index >= 15 is 0 Å². The summed E-state index contributed by atoms with van der Waals surface area (Å²) in [7, 11) is 0. The van der Waals surface area contributed by atoms with Crippen LogP contribution in [0, 0.1) is 5.82 Å². The van der Waals surface area contributed by atoms with Crippen molar-refractivity contribution < 1.29 is 9.13 Å². The third-order valence-electron chi connectivity index (χ3n) is 3.92. The first-order chi connectivity index (χ1) is 11.5. The summed E-state index contributed by atoms with van der Waals surface area (Å²) < 4.78 is 20.8. The van der Waals surface area contributed by atoms with Gasteiger partial charge in [-0.15, -0.1) is 6.58 Å². The maximum absolute atomic E-state index is 14.8. The molecule has 2 heterocycles. The van der Waals surface area contributed by atoms with Crippen molar-refractivity contribution in [2.75, 3.05) is 24.3 Å². The van der Waals surface area contributed by atoms with Gasteiger partial charge < -0.3 is 9.64 Å². The molecule has 0 saturated carbocycles. The SMILES string of the molecule is C=CCCN1c2nc(SC)nc3c(F)c(Br)c(Cl)c(c23)OC[C@@H]1C. The van der Waals surface area contributed by atoms with Crippen LogP contribution in [0.25, 0.3) is 10.9 Å². The second-order valence-corrected chi connectivity index (χ2v) is 7.40. The zero-order chi connectivity index (χ0) is 17.4. The first kappa shape index (κ1) is 17.8. The summed E-state index contributed by atoms with van der Waals surface area (Å²) in [6.07, 6.45) is 4.50. The first-order valence-corrected chi connectivity index (χ1v) is 9.81. The van der Waals surface area contributed by atoms with E-state index in [0.29, 0.717) is 35.3 Å². The molecule has 8 heteroatoms. The molecule has 1 aliphatic heterocycles. The Bertz CT molecular complexity index is 820. The molecule has 0 saturated heterocycles. The topological polar surface area (TPSA) is 38.2 Å². The van der Waals surface area contributed by atoms with Crippen LogP contribution in [0.15, 0.2) is 22.3 Å². The maximum atomic E-state index is 14.8. The van der Waals surface area contributed by atoms with Crippen LogP contribution in [0.5, 0.6) is 5.75 Å². The van der Waals surface area contributed by atoms with Crippen LogP contribution in [0.4, 0.5) is 10.2 Å². The summed E-state index contributed by atoms with van der Waals surface area (Å²) in [5, 5.41) is 1.24. The van der Waals surface area contributed by atoms with Crippen molar-refractivity contribution in [1.82, 2.24) is 9.97 Å². The molecular weight excluding hydrogens is 417 g/mol. The van der Waals surface area contributed by atoms with Crippen molar-refractivity contribution in [3.63, 3.8) is 0 Å². The van der Waals surface area contributed by atoms with Crippen molar-refractivity contribution in [1.29, 1.82) is 0 Å². The molecule has 0 unspecified atom stereocenters. The van der Waals surface area contributed by atoms with Gasteiger partial charge >= 0.3 is 0 Å². The Morgan fingerprint density at radius 2 is 2.29 bits per heavy atom. The van der Waals surface area contributed by atoms with Gasteiger partial charge in [-0.2, -0.15) is 0 Å². The lowest BCUT2D eigenvalue weighted by Crippen LogP contribution is -2.37. The molecular formula is C16H16BrClFN3OS. The molecule has 0 amide bonds. The predicted molar refractivity (Wildman–Crippen MR) is 101 cm³/mol. The molecule has 4 nitrogen and oxygen atoms in total. The third-order valence-corrected chi connectivity index (χ3v) is 5.80. The summed E-state index contributed by atoms with van der Waals surface area (Å²) >= 11 is 10.9. The maximum Gasteiger partial charge on any atom is 0.189 e. The van der Waals surface area contributed by atoms with Crippen molar-refractivity contribution in [3.8, 4) is 5.75 Å². The van der Waals surface area contributed by atoms with E-state index in [1.807, 2.05) is 19.3 Å². The van der Waals surface area contributed by atoms with Crippen LogP contribution >= 0.6 is 39.3 Å². The summed E-state index contributed by atoms with van der Waals surface area (Å²) in [5.74, 6) is 0.578. The lowest BCUT2D eigenvalue weighted by atomic mass is 10.1. The van der Waals surface area contributed by atoms with E-state index < -0.39 is 5.82 Å². The highest BCUT2D eigenvalue weighted by Gasteiger charge is 2.30. The van der Waals surface area contributed by atoms with Crippen molar-refractivity contribution in [2.24, 2.45) is 0 Å². The van der Waals surface area contributed by atoms with E-state index in [0.717, 1.165) is 6.42 Å². The summed E-state index contributed by atoms with van der Waals surface area (Å²) in [5.41, 5.74) is 0.216. The quantitative estimate of drug-likeness (QED) is 0.292. The number of nitrogens with zero attached hydrogens (tertiary/aromatic N) is 3. The molecule has 0 bridgehead atoms. The van der Waals surface area contributed by atoms with Crippen LogP contribution in [0.1, 0.15) is 13.3 Å². The van der Waals surface area contributed by atoms with Gasteiger partial charge in [0.05, 0.1) is 15.9 Å². The standard InChI is InChI=1S/C16H16BrClFN3OS/c1-4-5-6-22-8(2)7-23-14-9-13(12(19)10(17)11(14)18)20-16(24-3)21-15(9)22/h4,8H,1,5-7H2,2-3H3/t8-/m0/s1. The van der Waals surface area contributed by atoms with Gasteiger partial charge in [0.15, 0.2) is 16.7 Å². The third kappa shape index (κ3) is 2.86. The minimum absolute atomic E-state index is 0.0584. The fraction of sp³-hybridized carbons (Fsp3) is 0.375. The Morgan fingerprint density at radius 3 is 2.96 bits per heavy atom. The van der Waals surface area contributed by atoms with Gasteiger partial charge in [0, 0.05) is 6.54 Å². The monoisotopic (exact) mass is 431 g/mol. The Hall–Kier alpha value is -1.05. The number of rotatable bonds is 4. The molecule has 24 heavy (non-hydrogen) atoms. The number of thioether (sulfide) groups is 1. The van der Waals surface area contributed by atoms with Crippen molar-refractivity contribution >= 4 is 56.0 Å². The van der Waals surface area contributed by atoms with Crippen molar-refractivity contribution in [3.05, 3.63) is 28.0 Å². The van der Waals surface area contributed by atoms with E-state index in [9.17, 15) is 4.39 Å². The second-order valence-electron chi connectivity index (χ2n) is 5.46. The molecule has 0 spiro atoms. The zero-order valence-corrected chi connectivity index (χ0v) is 16.4. The molecule has 3 rings (SSSR count). The molecule has 0 N–H and O–H groups in total. The summed E-state index contributed by atoms with van der Waals surface area (Å²) in [6, 6.07) is 0.0584. The number of aromatic nitrogens is 2. The van der Waals surface area contributed by atoms with Crippen molar-refractivity contribution in [2.45, 2.75) is 24.5 Å². The fourth-order valence-corrected chi connectivity index (χ4v) is 3.66. The van der Waals surface area contributed by atoms with E-state index in [1.165, 1.54) is 11.8 Å². The summed E-state index contributed by atoms with van der Waals surface area (Å²) in [4.78, 5) is 11.1. The highest BCUT2D eigenvalue weighted by Crippen LogP contribution is 2.46. The van der Waals surface area contributed by atoms with E-state index in [4.69, 9.17) is 16.3 Å². The van der Waals surface area contributed by atoms with Crippen LogP contribution in [-0.4, -0.2) is 35.4 Å². The second kappa shape index (κ2) is 7.06. The lowest BCUT2D eigenvalue weighted by molar-refractivity contribution is 0.296. The Balaban J connectivity index is 2.37. The molecule has 1 aliphatic rings. The fourth-order valence-electron chi connectivity index (χ4n) is 2.70. The number of halogens is 3. The molecule has 1 atom stereocenters. The van der Waals surface area contributed by atoms with Crippen LogP contribution in [-0.2, 0) is 0 Å². The molecule has 1 aromatic heterocycles. The zero-order valence-electron chi connectivity index (χ0n) is 13.3. The predicted octanol–water partition coefficient (Wildman–Crippen LogP) is 5.07. The minimum atomic E-state index is -0.500. The smallest absolute Gasteiger partial charge is 0.189 e. The van der Waals surface area contributed by atoms with E-state index in [-0.39, 0.29) is 21.1 Å². The van der Waals surface area contributed by atoms with Crippen LogP contribution < -0.4 is 9.64 Å². The van der Waals surface area contributed by atoms with Gasteiger partial charge in [0.2, 0.25) is 0 Å². The Labute approximate surface area is 157 Å². The first-order valence-electron chi connectivity index (χ1n) is 7.42. The molecule has 0 radical (unpaired) electrons. The van der Waals surface area contributed by atoms with E-state index in [2.05, 4.69) is 37.4 Å². The van der Waals surface area contributed by atoms with Gasteiger partial charge in [0.1, 0.15) is 23.0 Å². The van der Waals surface area contributed by atoms with Gasteiger partial charge in [-0.25, -0.2) is 14.4 Å². The molecule has 128 valence electrons. The van der Waals surface area contributed by atoms with Gasteiger partial charge in [-0.3, -0.25) is 0 Å². The van der Waals surface area contributed by atoms with Crippen LogP contribution in [0.3, 0.4) is 0 Å². The largest absolute Gasteiger partial charge is 0.489 e.